The average molecular weight is 426 g/mol. The minimum atomic E-state index is -1.41. The first kappa shape index (κ1) is 21.4. The largest absolute Gasteiger partial charge is 0.496 e. The summed E-state index contributed by atoms with van der Waals surface area (Å²) in [5.74, 6) is 0.441. The first-order valence-electron chi connectivity index (χ1n) is 9.13. The molecular formula is C21H22N4O4S. The maximum atomic E-state index is 12.7. The fourth-order valence-electron chi connectivity index (χ4n) is 2.71. The quantitative estimate of drug-likeness (QED) is 0.552. The highest BCUT2D eigenvalue weighted by atomic mass is 32.2. The molecule has 1 amide bonds. The van der Waals surface area contributed by atoms with Crippen LogP contribution < -0.4 is 14.8 Å². The molecule has 30 heavy (non-hydrogen) atoms. The third-order valence-electron chi connectivity index (χ3n) is 4.22. The number of benzene rings is 1. The Hall–Kier alpha value is -3.33. The van der Waals surface area contributed by atoms with Crippen LogP contribution in [0.4, 0.5) is 0 Å². The smallest absolute Gasteiger partial charge is 0.258 e. The van der Waals surface area contributed by atoms with Crippen molar-refractivity contribution in [1.82, 2.24) is 20.3 Å². The van der Waals surface area contributed by atoms with Gasteiger partial charge in [-0.3, -0.25) is 14.0 Å². The van der Waals surface area contributed by atoms with Gasteiger partial charge in [-0.25, -0.2) is 4.98 Å². The fraction of sp³-hybridized carbons (Fsp3) is 0.238. The van der Waals surface area contributed by atoms with E-state index < -0.39 is 16.7 Å². The molecule has 1 unspecified atom stereocenters. The zero-order valence-corrected chi connectivity index (χ0v) is 17.7. The molecule has 0 spiro atoms. The summed E-state index contributed by atoms with van der Waals surface area (Å²) in [4.78, 5) is 25.1. The van der Waals surface area contributed by atoms with Gasteiger partial charge in [-0.05, 0) is 42.3 Å². The molecule has 0 saturated heterocycles. The summed E-state index contributed by atoms with van der Waals surface area (Å²) < 4.78 is 22.9. The fourth-order valence-corrected chi connectivity index (χ4v) is 3.12. The molecule has 156 valence electrons. The number of amides is 1. The van der Waals surface area contributed by atoms with E-state index in [1.165, 1.54) is 12.5 Å². The Kier molecular flexibility index (Phi) is 7.08. The number of carbonyl (C=O) groups is 1. The van der Waals surface area contributed by atoms with Gasteiger partial charge in [0.15, 0.2) is 0 Å². The van der Waals surface area contributed by atoms with E-state index in [-0.39, 0.29) is 29.8 Å². The molecule has 1 atom stereocenters. The summed E-state index contributed by atoms with van der Waals surface area (Å²) in [5, 5.41) is 2.87. The number of ether oxygens (including phenoxy) is 2. The van der Waals surface area contributed by atoms with Crippen molar-refractivity contribution in [2.75, 3.05) is 13.4 Å². The molecule has 8 nitrogen and oxygen atoms in total. The van der Waals surface area contributed by atoms with E-state index in [4.69, 9.17) is 9.47 Å². The second-order valence-electron chi connectivity index (χ2n) is 6.42. The molecule has 3 aromatic rings. The Balaban J connectivity index is 1.78. The van der Waals surface area contributed by atoms with Crippen LogP contribution in [0.5, 0.6) is 11.6 Å². The molecule has 0 radical (unpaired) electrons. The summed E-state index contributed by atoms with van der Waals surface area (Å²) in [6.07, 6.45) is 4.44. The monoisotopic (exact) mass is 426 g/mol. The number of aryl methyl sites for hydroxylation is 1. The van der Waals surface area contributed by atoms with Crippen molar-refractivity contribution in [2.45, 2.75) is 25.2 Å². The van der Waals surface area contributed by atoms with Crippen LogP contribution in [0.3, 0.4) is 0 Å². The van der Waals surface area contributed by atoms with Gasteiger partial charge in [-0.1, -0.05) is 12.1 Å². The van der Waals surface area contributed by atoms with Crippen molar-refractivity contribution in [3.63, 3.8) is 0 Å². The number of hydrogen-bond donors (Lipinski definition) is 1. The maximum Gasteiger partial charge on any atom is 0.258 e. The lowest BCUT2D eigenvalue weighted by atomic mass is 10.1. The van der Waals surface area contributed by atoms with Crippen molar-refractivity contribution < 1.29 is 18.5 Å². The number of nitrogens with one attached hydrogen (secondary N) is 1. The van der Waals surface area contributed by atoms with Gasteiger partial charge >= 0.3 is 0 Å². The summed E-state index contributed by atoms with van der Waals surface area (Å²) in [5.41, 5.74) is 2.72. The molecule has 0 bridgehead atoms. The summed E-state index contributed by atoms with van der Waals surface area (Å²) in [7, 11) is 0.202. The number of aromatic nitrogens is 3. The molecule has 0 saturated carbocycles. The lowest BCUT2D eigenvalue weighted by molar-refractivity contribution is 0.0944. The van der Waals surface area contributed by atoms with Crippen molar-refractivity contribution >= 4 is 16.7 Å². The predicted octanol–water partition coefficient (Wildman–Crippen LogP) is 2.44. The lowest BCUT2D eigenvalue weighted by Crippen LogP contribution is -2.24. The zero-order chi connectivity index (χ0) is 21.5. The van der Waals surface area contributed by atoms with Gasteiger partial charge < -0.3 is 14.8 Å². The first-order valence-corrected chi connectivity index (χ1v) is 10.7. The van der Waals surface area contributed by atoms with Crippen LogP contribution in [0, 0.1) is 6.92 Å². The van der Waals surface area contributed by atoms with Crippen LogP contribution in [0.25, 0.3) is 0 Å². The standard InChI is InChI=1S/C21H22N4O4S/c1-14-10-15(7-8-18(14)28-2)13-29-20-17(12-24-21(25-20)30(3)27)19(26)23-11-16-6-4-5-9-22-16/h4-10,12H,11,13H2,1-3H3,(H,23,26). The number of pyridine rings is 1. The number of nitrogens with zero attached hydrogens (tertiary/aromatic N) is 3. The Morgan fingerprint density at radius 1 is 1.20 bits per heavy atom. The summed E-state index contributed by atoms with van der Waals surface area (Å²) in [6, 6.07) is 11.1. The van der Waals surface area contributed by atoms with E-state index in [0.717, 1.165) is 16.9 Å². The van der Waals surface area contributed by atoms with Crippen molar-refractivity contribution in [3.8, 4) is 11.6 Å². The molecular weight excluding hydrogens is 404 g/mol. The molecule has 0 aliphatic rings. The molecule has 0 aliphatic heterocycles. The summed E-state index contributed by atoms with van der Waals surface area (Å²) >= 11 is 0. The molecule has 0 fully saturated rings. The summed E-state index contributed by atoms with van der Waals surface area (Å²) in [6.45, 7) is 2.36. The van der Waals surface area contributed by atoms with Gasteiger partial charge in [-0.15, -0.1) is 0 Å². The molecule has 3 rings (SSSR count). The van der Waals surface area contributed by atoms with Crippen molar-refractivity contribution in [2.24, 2.45) is 0 Å². The molecule has 0 aliphatic carbocycles. The third kappa shape index (κ3) is 5.38. The van der Waals surface area contributed by atoms with Crippen LogP contribution >= 0.6 is 0 Å². The average Bonchev–Trinajstić information content (AvgIpc) is 2.76. The highest BCUT2D eigenvalue weighted by Crippen LogP contribution is 2.21. The van der Waals surface area contributed by atoms with Crippen molar-refractivity contribution in [3.05, 3.63) is 71.2 Å². The Morgan fingerprint density at radius 2 is 2.03 bits per heavy atom. The Labute approximate surface area is 177 Å². The van der Waals surface area contributed by atoms with E-state index in [9.17, 15) is 9.00 Å². The van der Waals surface area contributed by atoms with Crippen LogP contribution in [-0.2, 0) is 24.0 Å². The van der Waals surface area contributed by atoms with Gasteiger partial charge in [0.05, 0.1) is 30.1 Å². The highest BCUT2D eigenvalue weighted by molar-refractivity contribution is 7.84. The number of hydrogen-bond acceptors (Lipinski definition) is 7. The van der Waals surface area contributed by atoms with E-state index in [0.29, 0.717) is 5.69 Å². The van der Waals surface area contributed by atoms with Crippen LogP contribution in [-0.4, -0.2) is 38.4 Å². The molecule has 1 aromatic carbocycles. The minimum absolute atomic E-state index is 0.0715. The van der Waals surface area contributed by atoms with Gasteiger partial charge in [0.25, 0.3) is 5.91 Å². The van der Waals surface area contributed by atoms with Crippen LogP contribution in [0.1, 0.15) is 27.2 Å². The molecule has 1 N–H and O–H groups in total. The van der Waals surface area contributed by atoms with Crippen LogP contribution in [0.2, 0.25) is 0 Å². The van der Waals surface area contributed by atoms with Crippen LogP contribution in [0.15, 0.2) is 53.9 Å². The maximum absolute atomic E-state index is 12.7. The third-order valence-corrected chi connectivity index (χ3v) is 4.94. The lowest BCUT2D eigenvalue weighted by Gasteiger charge is -2.12. The topological polar surface area (TPSA) is 103 Å². The highest BCUT2D eigenvalue weighted by Gasteiger charge is 2.18. The van der Waals surface area contributed by atoms with Gasteiger partial charge in [0, 0.05) is 18.6 Å². The van der Waals surface area contributed by atoms with Gasteiger partial charge in [0.2, 0.25) is 11.0 Å². The number of rotatable bonds is 8. The van der Waals surface area contributed by atoms with E-state index >= 15 is 0 Å². The zero-order valence-electron chi connectivity index (χ0n) is 16.9. The predicted molar refractivity (Wildman–Crippen MR) is 112 cm³/mol. The Bertz CT molecular complexity index is 1060. The molecule has 9 heteroatoms. The number of methoxy groups -OCH3 is 1. The molecule has 2 aromatic heterocycles. The first-order chi connectivity index (χ1) is 14.5. The second-order valence-corrected chi connectivity index (χ2v) is 7.70. The second kappa shape index (κ2) is 9.93. The van der Waals surface area contributed by atoms with E-state index in [1.54, 1.807) is 19.4 Å². The minimum Gasteiger partial charge on any atom is -0.496 e. The van der Waals surface area contributed by atoms with Crippen molar-refractivity contribution in [1.29, 1.82) is 0 Å². The normalized spacial score (nSPS) is 11.6. The SMILES string of the molecule is COc1ccc(COc2nc(S(C)=O)ncc2C(=O)NCc2ccccn2)cc1C. The number of carbonyl (C=O) groups excluding carboxylic acids is 1. The van der Waals surface area contributed by atoms with E-state index in [1.807, 2.05) is 37.3 Å². The molecule has 2 heterocycles. The Morgan fingerprint density at radius 3 is 2.70 bits per heavy atom. The van der Waals surface area contributed by atoms with Gasteiger partial charge in [0.1, 0.15) is 17.9 Å². The van der Waals surface area contributed by atoms with Gasteiger partial charge in [-0.2, -0.15) is 4.98 Å². The van der Waals surface area contributed by atoms with E-state index in [2.05, 4.69) is 20.3 Å².